The van der Waals surface area contributed by atoms with Crippen molar-refractivity contribution in [2.75, 3.05) is 5.75 Å². The minimum atomic E-state index is -0.0239. The predicted molar refractivity (Wildman–Crippen MR) is 89.0 cm³/mol. The van der Waals surface area contributed by atoms with Crippen LogP contribution in [0.5, 0.6) is 0 Å². The van der Waals surface area contributed by atoms with Gasteiger partial charge in [-0.05, 0) is 17.7 Å². The summed E-state index contributed by atoms with van der Waals surface area (Å²) in [6.07, 6.45) is 1.59. The molecule has 21 heavy (non-hydrogen) atoms. The number of rotatable bonds is 7. The van der Waals surface area contributed by atoms with Gasteiger partial charge >= 0.3 is 0 Å². The van der Waals surface area contributed by atoms with E-state index in [1.807, 2.05) is 30.3 Å². The lowest BCUT2D eigenvalue weighted by molar-refractivity contribution is -0.118. The number of carbonyl (C=O) groups is 1. The van der Waals surface area contributed by atoms with Crippen LogP contribution >= 0.6 is 24.0 Å². The lowest BCUT2D eigenvalue weighted by atomic mass is 10.1. The Labute approximate surface area is 133 Å². The molecule has 0 spiro atoms. The number of thiocarbonyl (C=S) groups is 1. The second-order valence-corrected chi connectivity index (χ2v) is 5.80. The normalized spacial score (nSPS) is 10.3. The molecule has 0 fully saturated rings. The van der Waals surface area contributed by atoms with Gasteiger partial charge in [-0.3, -0.25) is 4.79 Å². The molecule has 4 nitrogen and oxygen atoms in total. The van der Waals surface area contributed by atoms with E-state index in [-0.39, 0.29) is 5.91 Å². The van der Waals surface area contributed by atoms with E-state index in [4.69, 9.17) is 22.4 Å². The van der Waals surface area contributed by atoms with Gasteiger partial charge in [0, 0.05) is 11.3 Å². The molecule has 0 aliphatic heterocycles. The summed E-state index contributed by atoms with van der Waals surface area (Å²) >= 11 is 6.54. The van der Waals surface area contributed by atoms with Crippen molar-refractivity contribution in [3.63, 3.8) is 0 Å². The summed E-state index contributed by atoms with van der Waals surface area (Å²) in [5.41, 5.74) is 7.60. The number of nitrogens with one attached hydrogen (secondary N) is 1. The number of carbonyl (C=O) groups excluding carboxylic acids is 1. The van der Waals surface area contributed by atoms with Crippen molar-refractivity contribution in [2.24, 2.45) is 5.73 Å². The van der Waals surface area contributed by atoms with E-state index >= 15 is 0 Å². The largest absolute Gasteiger partial charge is 0.467 e. The van der Waals surface area contributed by atoms with E-state index in [0.29, 0.717) is 23.0 Å². The molecule has 0 aliphatic carbocycles. The van der Waals surface area contributed by atoms with E-state index in [2.05, 4.69) is 5.32 Å². The van der Waals surface area contributed by atoms with Crippen LogP contribution in [-0.4, -0.2) is 16.6 Å². The first-order valence-corrected chi connectivity index (χ1v) is 7.97. The topological polar surface area (TPSA) is 68.3 Å². The Morgan fingerprint density at radius 3 is 2.81 bits per heavy atom. The van der Waals surface area contributed by atoms with Crippen LogP contribution in [0, 0.1) is 0 Å². The number of benzene rings is 1. The van der Waals surface area contributed by atoms with Gasteiger partial charge in [-0.2, -0.15) is 0 Å². The van der Waals surface area contributed by atoms with E-state index in [1.165, 1.54) is 11.8 Å². The lowest BCUT2D eigenvalue weighted by Crippen LogP contribution is -2.24. The molecule has 0 saturated heterocycles. The van der Waals surface area contributed by atoms with Crippen molar-refractivity contribution in [3.05, 3.63) is 59.5 Å². The second kappa shape index (κ2) is 7.85. The predicted octanol–water partition coefficient (Wildman–Crippen LogP) is 2.46. The van der Waals surface area contributed by atoms with Crippen molar-refractivity contribution >= 4 is 34.9 Å². The highest BCUT2D eigenvalue weighted by molar-refractivity contribution is 7.99. The Morgan fingerprint density at radius 2 is 2.10 bits per heavy atom. The Balaban J connectivity index is 1.76. The number of nitrogens with two attached hydrogens (primary N) is 1. The van der Waals surface area contributed by atoms with Gasteiger partial charge in [0.05, 0.1) is 18.6 Å². The fourth-order valence-electron chi connectivity index (χ4n) is 1.79. The van der Waals surface area contributed by atoms with Crippen LogP contribution in [0.15, 0.2) is 47.1 Å². The molecule has 0 bridgehead atoms. The van der Waals surface area contributed by atoms with Gasteiger partial charge in [0.15, 0.2) is 0 Å². The Kier molecular flexibility index (Phi) is 5.83. The minimum Gasteiger partial charge on any atom is -0.467 e. The lowest BCUT2D eigenvalue weighted by Gasteiger charge is -2.08. The van der Waals surface area contributed by atoms with Crippen molar-refractivity contribution < 1.29 is 9.21 Å². The molecule has 2 aromatic rings. The van der Waals surface area contributed by atoms with Gasteiger partial charge in [-0.1, -0.05) is 36.5 Å². The molecule has 2 rings (SSSR count). The van der Waals surface area contributed by atoms with E-state index in [0.717, 1.165) is 16.9 Å². The van der Waals surface area contributed by atoms with Crippen LogP contribution in [0.25, 0.3) is 0 Å². The van der Waals surface area contributed by atoms with Gasteiger partial charge in [0.1, 0.15) is 10.7 Å². The number of hydrogen-bond acceptors (Lipinski definition) is 4. The van der Waals surface area contributed by atoms with Crippen molar-refractivity contribution in [1.82, 2.24) is 5.32 Å². The molecule has 0 aliphatic rings. The molecule has 6 heteroatoms. The molecule has 1 amide bonds. The number of hydrogen-bond donors (Lipinski definition) is 2. The monoisotopic (exact) mass is 320 g/mol. The Bertz CT molecular complexity index is 612. The summed E-state index contributed by atoms with van der Waals surface area (Å²) in [5.74, 6) is 1.80. The number of furan rings is 1. The zero-order valence-corrected chi connectivity index (χ0v) is 13.0. The molecule has 3 N–H and O–H groups in total. The summed E-state index contributed by atoms with van der Waals surface area (Å²) in [6, 6.07) is 11.3. The maximum atomic E-state index is 11.7. The maximum absolute atomic E-state index is 11.7. The summed E-state index contributed by atoms with van der Waals surface area (Å²) in [5, 5.41) is 2.80. The van der Waals surface area contributed by atoms with Gasteiger partial charge in [0.2, 0.25) is 5.91 Å². The average Bonchev–Trinajstić information content (AvgIpc) is 2.99. The highest BCUT2D eigenvalue weighted by Gasteiger charge is 2.07. The number of thioether (sulfide) groups is 1. The van der Waals surface area contributed by atoms with Gasteiger partial charge < -0.3 is 15.5 Å². The van der Waals surface area contributed by atoms with E-state index in [1.54, 1.807) is 12.3 Å². The first kappa shape index (κ1) is 15.6. The molecule has 0 saturated carbocycles. The quantitative estimate of drug-likeness (QED) is 0.767. The van der Waals surface area contributed by atoms with Crippen molar-refractivity contribution in [1.29, 1.82) is 0 Å². The second-order valence-electron chi connectivity index (χ2n) is 4.37. The fourth-order valence-corrected chi connectivity index (χ4v) is 2.85. The maximum Gasteiger partial charge on any atom is 0.230 e. The smallest absolute Gasteiger partial charge is 0.230 e. The molecular formula is C15H16N2O2S2. The summed E-state index contributed by atoms with van der Waals surface area (Å²) in [6.45, 7) is 0.413. The first-order chi connectivity index (χ1) is 10.2. The average molecular weight is 320 g/mol. The molecule has 1 aromatic carbocycles. The summed E-state index contributed by atoms with van der Waals surface area (Å²) < 4.78 is 5.15. The highest BCUT2D eigenvalue weighted by atomic mass is 32.2. The standard InChI is InChI=1S/C15H16N2O2S2/c16-15(20)13-6-2-1-4-11(13)9-21-10-14(18)17-8-12-5-3-7-19-12/h1-7H,8-10H2,(H2,16,20)(H,17,18). The summed E-state index contributed by atoms with van der Waals surface area (Å²) in [7, 11) is 0. The van der Waals surface area contributed by atoms with E-state index < -0.39 is 0 Å². The third kappa shape index (κ3) is 4.91. The van der Waals surface area contributed by atoms with Crippen molar-refractivity contribution in [2.45, 2.75) is 12.3 Å². The Hall–Kier alpha value is -1.79. The molecule has 0 atom stereocenters. The zero-order chi connectivity index (χ0) is 15.1. The summed E-state index contributed by atoms with van der Waals surface area (Å²) in [4.78, 5) is 12.1. The molecule has 0 unspecified atom stereocenters. The van der Waals surface area contributed by atoms with E-state index in [9.17, 15) is 4.79 Å². The number of amides is 1. The van der Waals surface area contributed by atoms with Crippen LogP contribution < -0.4 is 11.1 Å². The van der Waals surface area contributed by atoms with Crippen molar-refractivity contribution in [3.8, 4) is 0 Å². The van der Waals surface area contributed by atoms with Crippen LogP contribution in [0.1, 0.15) is 16.9 Å². The molecular weight excluding hydrogens is 304 g/mol. The zero-order valence-electron chi connectivity index (χ0n) is 11.4. The third-order valence-electron chi connectivity index (χ3n) is 2.81. The van der Waals surface area contributed by atoms with Gasteiger partial charge in [-0.25, -0.2) is 0 Å². The first-order valence-electron chi connectivity index (χ1n) is 6.41. The van der Waals surface area contributed by atoms with Crippen LogP contribution in [0.3, 0.4) is 0 Å². The minimum absolute atomic E-state index is 0.0239. The van der Waals surface area contributed by atoms with Gasteiger partial charge in [0.25, 0.3) is 0 Å². The Morgan fingerprint density at radius 1 is 1.29 bits per heavy atom. The van der Waals surface area contributed by atoms with Crippen LogP contribution in [-0.2, 0) is 17.1 Å². The van der Waals surface area contributed by atoms with Crippen LogP contribution in [0.4, 0.5) is 0 Å². The third-order valence-corrected chi connectivity index (χ3v) is 4.01. The molecule has 110 valence electrons. The molecule has 0 radical (unpaired) electrons. The fraction of sp³-hybridized carbons (Fsp3) is 0.200. The SMILES string of the molecule is NC(=S)c1ccccc1CSCC(=O)NCc1ccco1. The molecule has 1 aromatic heterocycles. The van der Waals surface area contributed by atoms with Crippen LogP contribution in [0.2, 0.25) is 0 Å². The highest BCUT2D eigenvalue weighted by Crippen LogP contribution is 2.16. The molecule has 1 heterocycles. The van der Waals surface area contributed by atoms with Gasteiger partial charge in [-0.15, -0.1) is 11.8 Å².